The van der Waals surface area contributed by atoms with Gasteiger partial charge in [-0.2, -0.15) is 10.5 Å². The highest BCUT2D eigenvalue weighted by Gasteiger charge is 2.54. The van der Waals surface area contributed by atoms with E-state index in [0.29, 0.717) is 11.1 Å². The van der Waals surface area contributed by atoms with Crippen molar-refractivity contribution in [1.82, 2.24) is 0 Å². The molecule has 0 saturated carbocycles. The van der Waals surface area contributed by atoms with Crippen LogP contribution < -0.4 is 9.80 Å². The quantitative estimate of drug-likeness (QED) is 0.156. The second-order valence-electron chi connectivity index (χ2n) is 17.3. The van der Waals surface area contributed by atoms with Crippen LogP contribution in [-0.2, 0) is 5.41 Å². The van der Waals surface area contributed by atoms with Crippen LogP contribution in [0.4, 0.5) is 34.1 Å². The largest absolute Gasteiger partial charge is 0.309 e. The maximum atomic E-state index is 10.7. The number of nitriles is 2. The van der Waals surface area contributed by atoms with E-state index in [1.165, 1.54) is 55.3 Å². The smallest absolute Gasteiger partial charge is 0.101 e. The molecular weight excluding hydrogens is 813 g/mol. The Bertz CT molecular complexity index is 3870. The molecule has 67 heavy (non-hydrogen) atoms. The van der Waals surface area contributed by atoms with E-state index >= 15 is 0 Å². The number of nitrogens with zero attached hydrogens (tertiary/aromatic N) is 4. The predicted molar refractivity (Wildman–Crippen MR) is 274 cm³/mol. The molecule has 2 aliphatic rings. The summed E-state index contributed by atoms with van der Waals surface area (Å²) in [6.45, 7) is 0. The van der Waals surface area contributed by atoms with Gasteiger partial charge in [0.25, 0.3) is 0 Å². The van der Waals surface area contributed by atoms with Crippen LogP contribution in [0.15, 0.2) is 231 Å². The molecule has 0 saturated heterocycles. The number of hydrogen-bond acceptors (Lipinski definition) is 4. The van der Waals surface area contributed by atoms with Crippen molar-refractivity contribution in [2.75, 3.05) is 9.80 Å². The highest BCUT2D eigenvalue weighted by Crippen LogP contribution is 2.67. The first-order valence-corrected chi connectivity index (χ1v) is 22.6. The summed E-state index contributed by atoms with van der Waals surface area (Å²) in [5.41, 5.74) is 15.9. The Morgan fingerprint density at radius 1 is 0.313 bits per heavy atom. The molecule has 0 radical (unpaired) electrons. The summed E-state index contributed by atoms with van der Waals surface area (Å²) in [6, 6.07) is 86.6. The third kappa shape index (κ3) is 5.39. The van der Waals surface area contributed by atoms with Gasteiger partial charge in [-0.25, -0.2) is 0 Å². The van der Waals surface area contributed by atoms with Gasteiger partial charge in [0, 0.05) is 22.4 Å². The summed E-state index contributed by atoms with van der Waals surface area (Å²) >= 11 is 0. The van der Waals surface area contributed by atoms with E-state index in [-0.39, 0.29) is 0 Å². The van der Waals surface area contributed by atoms with Crippen LogP contribution in [0.25, 0.3) is 54.6 Å². The Hall–Kier alpha value is -9.22. The first-order chi connectivity index (χ1) is 33.2. The molecule has 1 spiro atoms. The zero-order chi connectivity index (χ0) is 44.6. The molecule has 2 aliphatic carbocycles. The van der Waals surface area contributed by atoms with Gasteiger partial charge in [-0.15, -0.1) is 0 Å². The molecule has 310 valence electrons. The Labute approximate surface area is 388 Å². The Kier molecular flexibility index (Phi) is 8.52. The van der Waals surface area contributed by atoms with E-state index in [9.17, 15) is 10.5 Å². The van der Waals surface area contributed by atoms with E-state index in [2.05, 4.69) is 186 Å². The average molecular weight is 851 g/mol. The van der Waals surface area contributed by atoms with E-state index in [1.807, 2.05) is 66.7 Å². The van der Waals surface area contributed by atoms with Crippen LogP contribution in [0.5, 0.6) is 0 Å². The molecule has 11 aromatic rings. The summed E-state index contributed by atoms with van der Waals surface area (Å²) in [5, 5.41) is 28.0. The first kappa shape index (κ1) is 38.3. The fourth-order valence-electron chi connectivity index (χ4n) is 11.5. The van der Waals surface area contributed by atoms with Crippen LogP contribution in [0.2, 0.25) is 0 Å². The second kappa shape index (κ2) is 14.9. The number of benzene rings is 11. The van der Waals surface area contributed by atoms with Crippen molar-refractivity contribution in [3.05, 3.63) is 264 Å². The Morgan fingerprint density at radius 2 is 0.791 bits per heavy atom. The minimum atomic E-state index is -0.732. The number of para-hydroxylation sites is 4. The molecule has 11 aromatic carbocycles. The van der Waals surface area contributed by atoms with Gasteiger partial charge in [0.1, 0.15) is 12.1 Å². The number of rotatable bonds is 6. The molecule has 0 atom stereocenters. The fourth-order valence-corrected chi connectivity index (χ4v) is 11.5. The van der Waals surface area contributed by atoms with Crippen LogP contribution in [0, 0.1) is 22.7 Å². The molecule has 4 nitrogen and oxygen atoms in total. The van der Waals surface area contributed by atoms with E-state index in [4.69, 9.17) is 0 Å². The molecule has 0 aromatic heterocycles. The van der Waals surface area contributed by atoms with Crippen LogP contribution in [-0.4, -0.2) is 0 Å². The molecule has 0 unspecified atom stereocenters. The third-order valence-electron chi connectivity index (χ3n) is 14.1. The standard InChI is InChI=1S/C63H38N4/c64-39-41-19-7-17-33-57(41)66(43-21-3-1-4-22-43)45-35-36-52-53(37-45)46-25-9-11-29-50(46)61-60-51-30-12-10-28-49(51)59(67(44-23-5-2-6-24-44)58-34-18-8-20-42(58)40-65)38-56(60)63(62(52)61)54-31-15-13-26-47(54)48-27-14-16-32-55(48)63/h1-38H. The van der Waals surface area contributed by atoms with Gasteiger partial charge in [0.05, 0.1) is 33.6 Å². The highest BCUT2D eigenvalue weighted by atomic mass is 15.2. The molecule has 13 rings (SSSR count). The number of anilines is 6. The van der Waals surface area contributed by atoms with Crippen LogP contribution >= 0.6 is 0 Å². The van der Waals surface area contributed by atoms with Gasteiger partial charge in [-0.3, -0.25) is 0 Å². The van der Waals surface area contributed by atoms with Crippen molar-refractivity contribution in [2.45, 2.75) is 5.41 Å². The van der Waals surface area contributed by atoms with Crippen molar-refractivity contribution in [3.63, 3.8) is 0 Å². The zero-order valence-corrected chi connectivity index (χ0v) is 36.2. The number of hydrogen-bond donors (Lipinski definition) is 0. The molecule has 0 fully saturated rings. The van der Waals surface area contributed by atoms with E-state index in [0.717, 1.165) is 55.7 Å². The van der Waals surface area contributed by atoms with E-state index in [1.54, 1.807) is 0 Å². The minimum Gasteiger partial charge on any atom is -0.309 e. The first-order valence-electron chi connectivity index (χ1n) is 22.6. The van der Waals surface area contributed by atoms with Gasteiger partial charge in [0.2, 0.25) is 0 Å². The van der Waals surface area contributed by atoms with Gasteiger partial charge < -0.3 is 9.80 Å². The molecular formula is C63H38N4. The lowest BCUT2D eigenvalue weighted by Gasteiger charge is -2.34. The lowest BCUT2D eigenvalue weighted by atomic mass is 9.69. The van der Waals surface area contributed by atoms with Gasteiger partial charge in [-0.05, 0) is 138 Å². The van der Waals surface area contributed by atoms with Crippen LogP contribution in [0.3, 0.4) is 0 Å². The van der Waals surface area contributed by atoms with Crippen molar-refractivity contribution < 1.29 is 0 Å². The lowest BCUT2D eigenvalue weighted by Crippen LogP contribution is -2.26. The summed E-state index contributed by atoms with van der Waals surface area (Å²) in [4.78, 5) is 4.49. The fraction of sp³-hybridized carbons (Fsp3) is 0.0159. The van der Waals surface area contributed by atoms with Crippen molar-refractivity contribution in [1.29, 1.82) is 10.5 Å². The lowest BCUT2D eigenvalue weighted by molar-refractivity contribution is 0.802. The van der Waals surface area contributed by atoms with Gasteiger partial charge >= 0.3 is 0 Å². The summed E-state index contributed by atoms with van der Waals surface area (Å²) in [6.07, 6.45) is 0. The topological polar surface area (TPSA) is 54.1 Å². The summed E-state index contributed by atoms with van der Waals surface area (Å²) in [5.74, 6) is 0. The third-order valence-corrected chi connectivity index (χ3v) is 14.1. The van der Waals surface area contributed by atoms with E-state index < -0.39 is 5.41 Å². The SMILES string of the molecule is N#Cc1ccccc1N(c1ccccc1)c1ccc2c3c(c4ccccc4c2c1)-c1c(cc(N(c2ccccc2)c2ccccc2C#N)c2ccccc12)C31c2ccccc2-c2ccccc21. The molecule has 0 amide bonds. The molecule has 4 heteroatoms. The Balaban J connectivity index is 1.20. The molecule has 0 aliphatic heterocycles. The number of fused-ring (bicyclic) bond motifs is 17. The van der Waals surface area contributed by atoms with Gasteiger partial charge in [0.15, 0.2) is 0 Å². The predicted octanol–water partition coefficient (Wildman–Crippen LogP) is 16.2. The molecule has 0 heterocycles. The Morgan fingerprint density at radius 3 is 1.40 bits per heavy atom. The second-order valence-corrected chi connectivity index (χ2v) is 17.3. The maximum absolute atomic E-state index is 10.7. The maximum Gasteiger partial charge on any atom is 0.101 e. The molecule has 0 bridgehead atoms. The van der Waals surface area contributed by atoms with Crippen molar-refractivity contribution in [3.8, 4) is 34.4 Å². The average Bonchev–Trinajstić information content (AvgIpc) is 3.88. The highest BCUT2D eigenvalue weighted by molar-refractivity contribution is 6.24. The minimum absolute atomic E-state index is 0.597. The normalized spacial score (nSPS) is 12.6. The van der Waals surface area contributed by atoms with Crippen molar-refractivity contribution >= 4 is 66.4 Å². The molecule has 0 N–H and O–H groups in total. The van der Waals surface area contributed by atoms with Crippen LogP contribution in [0.1, 0.15) is 33.4 Å². The van der Waals surface area contributed by atoms with Gasteiger partial charge in [-0.1, -0.05) is 164 Å². The summed E-state index contributed by atoms with van der Waals surface area (Å²) in [7, 11) is 0. The monoisotopic (exact) mass is 850 g/mol. The summed E-state index contributed by atoms with van der Waals surface area (Å²) < 4.78 is 0. The van der Waals surface area contributed by atoms with Crippen molar-refractivity contribution in [2.24, 2.45) is 0 Å². The zero-order valence-electron chi connectivity index (χ0n) is 36.2.